The van der Waals surface area contributed by atoms with Gasteiger partial charge in [-0.2, -0.15) is 0 Å². The van der Waals surface area contributed by atoms with Crippen molar-refractivity contribution in [3.63, 3.8) is 0 Å². The second-order valence-corrected chi connectivity index (χ2v) is 1.54. The maximum Gasteiger partial charge on any atom is 0.333 e. The summed E-state index contributed by atoms with van der Waals surface area (Å²) < 4.78 is 9.04. The number of esters is 1. The number of carbonyl (C=O) groups is 1. The van der Waals surface area contributed by atoms with Crippen molar-refractivity contribution in [2.24, 2.45) is 5.73 Å². The summed E-state index contributed by atoms with van der Waals surface area (Å²) in [6.07, 6.45) is 1.21. The van der Waals surface area contributed by atoms with Crippen LogP contribution in [0.25, 0.3) is 0 Å². The molecule has 10 heavy (non-hydrogen) atoms. The van der Waals surface area contributed by atoms with Crippen molar-refractivity contribution in [2.75, 3.05) is 20.8 Å². The lowest BCUT2D eigenvalue weighted by molar-refractivity contribution is -0.135. The molecule has 0 bridgehead atoms. The van der Waals surface area contributed by atoms with Crippen molar-refractivity contribution >= 4 is 5.97 Å². The Morgan fingerprint density at radius 2 is 2.10 bits per heavy atom. The van der Waals surface area contributed by atoms with Crippen LogP contribution in [0.2, 0.25) is 0 Å². The average Bonchev–Trinajstić information content (AvgIpc) is 1.99. The lowest BCUT2D eigenvalue weighted by Crippen LogP contribution is -2.07. The topological polar surface area (TPSA) is 61.5 Å². The Labute approximate surface area is 59.6 Å². The number of hydrogen-bond donors (Lipinski definition) is 1. The zero-order chi connectivity index (χ0) is 7.98. The minimum Gasteiger partial charge on any atom is -0.499 e. The van der Waals surface area contributed by atoms with E-state index in [9.17, 15) is 4.79 Å². The minimum atomic E-state index is -0.456. The van der Waals surface area contributed by atoms with Gasteiger partial charge in [0.15, 0.2) is 0 Å². The van der Waals surface area contributed by atoms with Crippen LogP contribution in [0.5, 0.6) is 0 Å². The quantitative estimate of drug-likeness (QED) is 0.335. The smallest absolute Gasteiger partial charge is 0.333 e. The van der Waals surface area contributed by atoms with Crippen LogP contribution in [0.1, 0.15) is 0 Å². The van der Waals surface area contributed by atoms with E-state index in [4.69, 9.17) is 10.5 Å². The maximum absolute atomic E-state index is 10.5. The summed E-state index contributed by atoms with van der Waals surface area (Å²) >= 11 is 0. The second kappa shape index (κ2) is 4.81. The van der Waals surface area contributed by atoms with Crippen LogP contribution in [0, 0.1) is 0 Å². The van der Waals surface area contributed by atoms with Gasteiger partial charge in [-0.15, -0.1) is 0 Å². The van der Waals surface area contributed by atoms with Gasteiger partial charge in [-0.3, -0.25) is 0 Å². The van der Waals surface area contributed by atoms with E-state index < -0.39 is 5.97 Å². The van der Waals surface area contributed by atoms with Gasteiger partial charge in [0.1, 0.15) is 5.76 Å². The van der Waals surface area contributed by atoms with Crippen molar-refractivity contribution in [1.82, 2.24) is 0 Å². The lowest BCUT2D eigenvalue weighted by Gasteiger charge is -2.00. The van der Waals surface area contributed by atoms with Crippen LogP contribution in [-0.2, 0) is 14.3 Å². The zero-order valence-corrected chi connectivity index (χ0v) is 6.09. The average molecular weight is 145 g/mol. The number of nitrogens with two attached hydrogens (primary N) is 1. The van der Waals surface area contributed by atoms with E-state index in [0.29, 0.717) is 5.76 Å². The number of methoxy groups -OCH3 is 2. The van der Waals surface area contributed by atoms with Gasteiger partial charge in [-0.05, 0) is 0 Å². The summed E-state index contributed by atoms with van der Waals surface area (Å²) in [5, 5.41) is 0. The first kappa shape index (κ1) is 8.97. The summed E-state index contributed by atoms with van der Waals surface area (Å²) in [7, 11) is 2.74. The van der Waals surface area contributed by atoms with Crippen LogP contribution >= 0.6 is 0 Å². The summed E-state index contributed by atoms with van der Waals surface area (Å²) in [6, 6.07) is 0. The van der Waals surface area contributed by atoms with Gasteiger partial charge >= 0.3 is 5.97 Å². The SMILES string of the molecule is COC(=O)/C=C(/CN)OC. The summed E-state index contributed by atoms with van der Waals surface area (Å²) in [6.45, 7) is 0.200. The van der Waals surface area contributed by atoms with E-state index in [-0.39, 0.29) is 6.54 Å². The highest BCUT2D eigenvalue weighted by molar-refractivity contribution is 5.82. The van der Waals surface area contributed by atoms with Gasteiger partial charge in [0.25, 0.3) is 0 Å². The minimum absolute atomic E-state index is 0.200. The third kappa shape index (κ3) is 3.09. The molecule has 0 aromatic heterocycles. The third-order valence-corrected chi connectivity index (χ3v) is 0.943. The van der Waals surface area contributed by atoms with Gasteiger partial charge in [0, 0.05) is 0 Å². The third-order valence-electron chi connectivity index (χ3n) is 0.943. The predicted molar refractivity (Wildman–Crippen MR) is 36.2 cm³/mol. The predicted octanol–water partition coefficient (Wildman–Crippen LogP) is -0.352. The molecule has 0 aliphatic carbocycles. The molecule has 0 radical (unpaired) electrons. The second-order valence-electron chi connectivity index (χ2n) is 1.54. The van der Waals surface area contributed by atoms with Crippen LogP contribution in [0.15, 0.2) is 11.8 Å². The molecule has 0 unspecified atom stereocenters. The first-order valence-electron chi connectivity index (χ1n) is 2.77. The molecule has 0 amide bonds. The molecule has 0 aliphatic rings. The zero-order valence-electron chi connectivity index (χ0n) is 6.09. The van der Waals surface area contributed by atoms with E-state index in [0.717, 1.165) is 0 Å². The lowest BCUT2D eigenvalue weighted by atomic mass is 10.4. The number of carbonyl (C=O) groups excluding carboxylic acids is 1. The highest BCUT2D eigenvalue weighted by Crippen LogP contribution is 1.91. The van der Waals surface area contributed by atoms with Crippen LogP contribution in [0.3, 0.4) is 0 Å². The number of rotatable bonds is 3. The molecule has 0 aromatic rings. The molecule has 0 spiro atoms. The standard InChI is InChI=1S/C6H11NO3/c1-9-5(4-7)3-6(8)10-2/h3H,4,7H2,1-2H3/b5-3-. The highest BCUT2D eigenvalue weighted by Gasteiger charge is 1.97. The molecule has 58 valence electrons. The fourth-order valence-electron chi connectivity index (χ4n) is 0.392. The molecule has 0 atom stereocenters. The molecule has 0 rings (SSSR count). The first-order valence-corrected chi connectivity index (χ1v) is 2.77. The molecule has 0 aromatic carbocycles. The number of hydrogen-bond acceptors (Lipinski definition) is 4. The fourth-order valence-corrected chi connectivity index (χ4v) is 0.392. The van der Waals surface area contributed by atoms with Gasteiger partial charge in [0.2, 0.25) is 0 Å². The van der Waals surface area contributed by atoms with Gasteiger partial charge < -0.3 is 15.2 Å². The van der Waals surface area contributed by atoms with E-state index in [1.807, 2.05) is 0 Å². The Morgan fingerprint density at radius 1 is 1.50 bits per heavy atom. The van der Waals surface area contributed by atoms with Crippen LogP contribution in [-0.4, -0.2) is 26.7 Å². The molecule has 0 aliphatic heterocycles. The van der Waals surface area contributed by atoms with Crippen LogP contribution < -0.4 is 5.73 Å². The van der Waals surface area contributed by atoms with Crippen LogP contribution in [0.4, 0.5) is 0 Å². The summed E-state index contributed by atoms with van der Waals surface area (Å²) in [4.78, 5) is 10.5. The Bertz CT molecular complexity index is 136. The van der Waals surface area contributed by atoms with Gasteiger partial charge in [-0.25, -0.2) is 4.79 Å². The molecule has 4 nitrogen and oxygen atoms in total. The molecular weight excluding hydrogens is 134 g/mol. The highest BCUT2D eigenvalue weighted by atomic mass is 16.5. The molecule has 0 saturated heterocycles. The Kier molecular flexibility index (Phi) is 4.32. The van der Waals surface area contributed by atoms with E-state index in [1.54, 1.807) is 0 Å². The fraction of sp³-hybridized carbons (Fsp3) is 0.500. The van der Waals surface area contributed by atoms with E-state index >= 15 is 0 Å². The Morgan fingerprint density at radius 3 is 2.40 bits per heavy atom. The Balaban J connectivity index is 3.96. The molecule has 0 fully saturated rings. The van der Waals surface area contributed by atoms with Gasteiger partial charge in [-0.1, -0.05) is 0 Å². The molecule has 0 heterocycles. The monoisotopic (exact) mass is 145 g/mol. The van der Waals surface area contributed by atoms with Crippen molar-refractivity contribution in [3.05, 3.63) is 11.8 Å². The largest absolute Gasteiger partial charge is 0.499 e. The molecule has 0 saturated carbocycles. The Hall–Kier alpha value is -1.03. The number of ether oxygens (including phenoxy) is 2. The molecule has 2 N–H and O–H groups in total. The first-order chi connectivity index (χ1) is 4.74. The van der Waals surface area contributed by atoms with E-state index in [2.05, 4.69) is 4.74 Å². The van der Waals surface area contributed by atoms with Crippen molar-refractivity contribution in [3.8, 4) is 0 Å². The van der Waals surface area contributed by atoms with Crippen molar-refractivity contribution in [2.45, 2.75) is 0 Å². The summed E-state index contributed by atoms with van der Waals surface area (Å²) in [5.41, 5.74) is 5.19. The molecule has 4 heteroatoms. The molecular formula is C6H11NO3. The van der Waals surface area contributed by atoms with E-state index in [1.165, 1.54) is 20.3 Å². The summed E-state index contributed by atoms with van der Waals surface area (Å²) in [5.74, 6) is -0.0471. The normalized spacial score (nSPS) is 10.9. The van der Waals surface area contributed by atoms with Crippen molar-refractivity contribution < 1.29 is 14.3 Å². The van der Waals surface area contributed by atoms with Crippen molar-refractivity contribution in [1.29, 1.82) is 0 Å². The van der Waals surface area contributed by atoms with Gasteiger partial charge in [0.05, 0.1) is 26.8 Å². The maximum atomic E-state index is 10.5.